The van der Waals surface area contributed by atoms with Crippen LogP contribution in [0.4, 0.5) is 0 Å². The van der Waals surface area contributed by atoms with E-state index in [4.69, 9.17) is 4.74 Å². The second-order valence-corrected chi connectivity index (χ2v) is 4.63. The number of hydrogen-bond acceptors (Lipinski definition) is 2. The topological polar surface area (TPSA) is 29.5 Å². The van der Waals surface area contributed by atoms with Crippen molar-refractivity contribution in [3.63, 3.8) is 0 Å². The Morgan fingerprint density at radius 2 is 2.07 bits per heavy atom. The summed E-state index contributed by atoms with van der Waals surface area (Å²) in [5.74, 6) is 1.19. The predicted octanol–water partition coefficient (Wildman–Crippen LogP) is 2.62. The number of methoxy groups -OCH3 is 1. The van der Waals surface area contributed by atoms with E-state index in [1.54, 1.807) is 7.11 Å². The van der Waals surface area contributed by atoms with E-state index in [0.717, 1.165) is 29.7 Å². The minimum absolute atomic E-state index is 0.396. The highest BCUT2D eigenvalue weighted by atomic mass is 16.5. The maximum Gasteiger partial charge on any atom is 0.124 e. The van der Waals surface area contributed by atoms with E-state index in [1.807, 2.05) is 32.0 Å². The van der Waals surface area contributed by atoms with Gasteiger partial charge in [-0.1, -0.05) is 11.6 Å². The summed E-state index contributed by atoms with van der Waals surface area (Å²) in [6, 6.07) is 5.96. The molecule has 1 unspecified atom stereocenters. The van der Waals surface area contributed by atoms with Gasteiger partial charge < -0.3 is 9.84 Å². The van der Waals surface area contributed by atoms with Crippen molar-refractivity contribution in [2.24, 2.45) is 5.92 Å². The molecule has 1 aliphatic carbocycles. The molecule has 1 fully saturated rings. The summed E-state index contributed by atoms with van der Waals surface area (Å²) in [5.41, 5.74) is 1.34. The van der Waals surface area contributed by atoms with Crippen molar-refractivity contribution in [1.82, 2.24) is 0 Å². The molecule has 0 saturated heterocycles. The summed E-state index contributed by atoms with van der Waals surface area (Å²) in [7, 11) is 1.65. The first-order valence-electron chi connectivity index (χ1n) is 5.43. The van der Waals surface area contributed by atoms with Crippen LogP contribution in [0.3, 0.4) is 0 Å². The molecule has 1 aliphatic rings. The third kappa shape index (κ3) is 1.86. The van der Waals surface area contributed by atoms with Gasteiger partial charge in [0.15, 0.2) is 0 Å². The minimum atomic E-state index is -0.739. The molecular formula is C13H18O2. The molecule has 1 saturated carbocycles. The summed E-state index contributed by atoms with van der Waals surface area (Å²) in [6.45, 7) is 3.92. The largest absolute Gasteiger partial charge is 0.496 e. The Hall–Kier alpha value is -1.02. The highest BCUT2D eigenvalue weighted by molar-refractivity contribution is 5.41. The quantitative estimate of drug-likeness (QED) is 0.823. The first kappa shape index (κ1) is 10.5. The molecule has 1 atom stereocenters. The van der Waals surface area contributed by atoms with Crippen molar-refractivity contribution in [3.05, 3.63) is 29.3 Å². The van der Waals surface area contributed by atoms with Crippen LogP contribution in [0, 0.1) is 12.8 Å². The van der Waals surface area contributed by atoms with Gasteiger partial charge in [-0.3, -0.25) is 0 Å². The number of aryl methyl sites for hydroxylation is 1. The van der Waals surface area contributed by atoms with Gasteiger partial charge in [0.2, 0.25) is 0 Å². The Kier molecular flexibility index (Phi) is 2.47. The molecule has 0 radical (unpaired) electrons. The number of ether oxygens (including phenoxy) is 1. The van der Waals surface area contributed by atoms with E-state index in [9.17, 15) is 5.11 Å². The van der Waals surface area contributed by atoms with Crippen molar-refractivity contribution in [2.75, 3.05) is 7.11 Å². The summed E-state index contributed by atoms with van der Waals surface area (Å²) in [4.78, 5) is 0. The van der Waals surface area contributed by atoms with Gasteiger partial charge >= 0.3 is 0 Å². The third-order valence-corrected chi connectivity index (χ3v) is 3.27. The third-order valence-electron chi connectivity index (χ3n) is 3.27. The zero-order chi connectivity index (χ0) is 11.1. The molecule has 0 bridgehead atoms. The van der Waals surface area contributed by atoms with Gasteiger partial charge in [0, 0.05) is 5.56 Å². The molecule has 2 rings (SSSR count). The fourth-order valence-electron chi connectivity index (χ4n) is 2.08. The van der Waals surface area contributed by atoms with Crippen molar-refractivity contribution >= 4 is 0 Å². The van der Waals surface area contributed by atoms with Crippen molar-refractivity contribution in [2.45, 2.75) is 32.3 Å². The van der Waals surface area contributed by atoms with Crippen LogP contribution in [-0.2, 0) is 5.60 Å². The van der Waals surface area contributed by atoms with Crippen LogP contribution in [0.1, 0.15) is 30.9 Å². The number of hydrogen-bond donors (Lipinski definition) is 1. The number of rotatable bonds is 3. The first-order valence-corrected chi connectivity index (χ1v) is 5.43. The van der Waals surface area contributed by atoms with E-state index in [0.29, 0.717) is 5.92 Å². The zero-order valence-electron chi connectivity index (χ0n) is 9.58. The average Bonchev–Trinajstić information content (AvgIpc) is 3.01. The monoisotopic (exact) mass is 206 g/mol. The second kappa shape index (κ2) is 3.53. The lowest BCUT2D eigenvalue weighted by Gasteiger charge is -2.26. The lowest BCUT2D eigenvalue weighted by Crippen LogP contribution is -2.24. The smallest absolute Gasteiger partial charge is 0.124 e. The van der Waals surface area contributed by atoms with Gasteiger partial charge in [0.05, 0.1) is 12.7 Å². The fourth-order valence-corrected chi connectivity index (χ4v) is 2.08. The highest BCUT2D eigenvalue weighted by Crippen LogP contribution is 2.47. The van der Waals surface area contributed by atoms with Gasteiger partial charge in [-0.2, -0.15) is 0 Å². The molecule has 2 nitrogen and oxygen atoms in total. The second-order valence-electron chi connectivity index (χ2n) is 4.63. The lowest BCUT2D eigenvalue weighted by atomic mass is 9.89. The first-order chi connectivity index (χ1) is 7.05. The summed E-state index contributed by atoms with van der Waals surface area (Å²) in [5, 5.41) is 10.5. The molecule has 2 heteroatoms. The van der Waals surface area contributed by atoms with Crippen molar-refractivity contribution < 1.29 is 9.84 Å². The Labute approximate surface area is 90.9 Å². The minimum Gasteiger partial charge on any atom is -0.496 e. The van der Waals surface area contributed by atoms with Gasteiger partial charge in [-0.25, -0.2) is 0 Å². The Balaban J connectivity index is 2.44. The van der Waals surface area contributed by atoms with Crippen LogP contribution in [0.25, 0.3) is 0 Å². The Morgan fingerprint density at radius 3 is 2.60 bits per heavy atom. The van der Waals surface area contributed by atoms with Crippen LogP contribution >= 0.6 is 0 Å². The van der Waals surface area contributed by atoms with Gasteiger partial charge in [0.1, 0.15) is 5.75 Å². The molecule has 82 valence electrons. The summed E-state index contributed by atoms with van der Waals surface area (Å²) < 4.78 is 5.30. The highest BCUT2D eigenvalue weighted by Gasteiger charge is 2.42. The molecule has 0 spiro atoms. The zero-order valence-corrected chi connectivity index (χ0v) is 9.58. The van der Waals surface area contributed by atoms with E-state index < -0.39 is 5.60 Å². The van der Waals surface area contributed by atoms with Crippen LogP contribution in [-0.4, -0.2) is 12.2 Å². The SMILES string of the molecule is COc1ccc(C)cc1C(C)(O)C1CC1. The molecule has 1 N–H and O–H groups in total. The number of benzene rings is 1. The standard InChI is InChI=1S/C13H18O2/c1-9-4-7-12(15-3)11(8-9)13(2,14)10-5-6-10/h4,7-8,10,14H,5-6H2,1-3H3. The maximum absolute atomic E-state index is 10.5. The molecule has 0 aromatic heterocycles. The molecule has 1 aromatic rings. The van der Waals surface area contributed by atoms with Gasteiger partial charge in [-0.05, 0) is 44.7 Å². The van der Waals surface area contributed by atoms with Crippen molar-refractivity contribution in [3.8, 4) is 5.75 Å². The van der Waals surface area contributed by atoms with Gasteiger partial charge in [0.25, 0.3) is 0 Å². The van der Waals surface area contributed by atoms with E-state index in [1.165, 1.54) is 0 Å². The van der Waals surface area contributed by atoms with Crippen LogP contribution in [0.5, 0.6) is 5.75 Å². The van der Waals surface area contributed by atoms with Crippen LogP contribution < -0.4 is 4.74 Å². The molecule has 0 amide bonds. The van der Waals surface area contributed by atoms with Crippen LogP contribution in [0.2, 0.25) is 0 Å². The van der Waals surface area contributed by atoms with Crippen LogP contribution in [0.15, 0.2) is 18.2 Å². The fraction of sp³-hybridized carbons (Fsp3) is 0.538. The lowest BCUT2D eigenvalue weighted by molar-refractivity contribution is 0.0306. The predicted molar refractivity (Wildman–Crippen MR) is 60.0 cm³/mol. The normalized spacial score (nSPS) is 19.7. The Bertz CT molecular complexity index is 365. The maximum atomic E-state index is 10.5. The average molecular weight is 206 g/mol. The Morgan fingerprint density at radius 1 is 1.40 bits per heavy atom. The molecule has 0 heterocycles. The summed E-state index contributed by atoms with van der Waals surface area (Å²) in [6.07, 6.45) is 2.23. The molecule has 1 aromatic carbocycles. The molecule has 0 aliphatic heterocycles. The van der Waals surface area contributed by atoms with E-state index >= 15 is 0 Å². The van der Waals surface area contributed by atoms with E-state index in [2.05, 4.69) is 0 Å². The summed E-state index contributed by atoms with van der Waals surface area (Å²) >= 11 is 0. The molecule has 15 heavy (non-hydrogen) atoms. The van der Waals surface area contributed by atoms with E-state index in [-0.39, 0.29) is 0 Å². The molecular weight excluding hydrogens is 188 g/mol. The van der Waals surface area contributed by atoms with Gasteiger partial charge in [-0.15, -0.1) is 0 Å². The number of aliphatic hydroxyl groups is 1. The van der Waals surface area contributed by atoms with Crippen molar-refractivity contribution in [1.29, 1.82) is 0 Å².